The Labute approximate surface area is 100 Å². The average Bonchev–Trinajstić information content (AvgIpc) is 2.61. The highest BCUT2D eigenvalue weighted by Gasteiger charge is 2.29. The van der Waals surface area contributed by atoms with Gasteiger partial charge in [0.1, 0.15) is 11.8 Å². The molecule has 1 fully saturated rings. The van der Waals surface area contributed by atoms with E-state index in [0.717, 1.165) is 42.8 Å². The van der Waals surface area contributed by atoms with E-state index in [1.807, 2.05) is 18.7 Å². The number of rotatable bonds is 3. The van der Waals surface area contributed by atoms with E-state index in [-0.39, 0.29) is 6.04 Å². The molecule has 2 rings (SSSR count). The highest BCUT2D eigenvalue weighted by Crippen LogP contribution is 2.22. The Morgan fingerprint density at radius 3 is 2.88 bits per heavy atom. The summed E-state index contributed by atoms with van der Waals surface area (Å²) in [5.74, 6) is 0.0636. The van der Waals surface area contributed by atoms with E-state index in [4.69, 9.17) is 4.52 Å². The van der Waals surface area contributed by atoms with Gasteiger partial charge in [0.15, 0.2) is 0 Å². The molecule has 1 aliphatic heterocycles. The summed E-state index contributed by atoms with van der Waals surface area (Å²) in [5.41, 5.74) is 1.88. The van der Waals surface area contributed by atoms with Gasteiger partial charge in [0.25, 0.3) is 0 Å². The zero-order chi connectivity index (χ0) is 12.4. The van der Waals surface area contributed by atoms with Crippen molar-refractivity contribution in [2.24, 2.45) is 0 Å². The molecule has 0 spiro atoms. The highest BCUT2D eigenvalue weighted by molar-refractivity contribution is 5.73. The van der Waals surface area contributed by atoms with Crippen molar-refractivity contribution in [3.05, 3.63) is 17.0 Å². The summed E-state index contributed by atoms with van der Waals surface area (Å²) < 4.78 is 5.11. The average molecular weight is 238 g/mol. The molecule has 2 heterocycles. The van der Waals surface area contributed by atoms with Crippen LogP contribution in [0.5, 0.6) is 0 Å². The van der Waals surface area contributed by atoms with Crippen LogP contribution in [0.25, 0.3) is 0 Å². The Kier molecular flexibility index (Phi) is 3.47. The van der Waals surface area contributed by atoms with Crippen LogP contribution >= 0.6 is 0 Å². The third-order valence-electron chi connectivity index (χ3n) is 3.44. The first-order chi connectivity index (χ1) is 8.09. The van der Waals surface area contributed by atoms with Crippen LogP contribution < -0.4 is 0 Å². The van der Waals surface area contributed by atoms with Crippen molar-refractivity contribution in [1.82, 2.24) is 10.1 Å². The Balaban J connectivity index is 2.13. The molecule has 5 nitrogen and oxygen atoms in total. The van der Waals surface area contributed by atoms with Gasteiger partial charge in [0.05, 0.1) is 5.69 Å². The summed E-state index contributed by atoms with van der Waals surface area (Å²) >= 11 is 0. The topological polar surface area (TPSA) is 66.6 Å². The largest absolute Gasteiger partial charge is 0.480 e. The fourth-order valence-electron chi connectivity index (χ4n) is 2.39. The first-order valence-electron chi connectivity index (χ1n) is 5.98. The SMILES string of the molecule is Cc1noc(C)c1CN1CCCCC1C(=O)O. The van der Waals surface area contributed by atoms with Crippen LogP contribution in [0, 0.1) is 13.8 Å². The summed E-state index contributed by atoms with van der Waals surface area (Å²) in [6.45, 7) is 5.22. The molecular formula is C12H18N2O3. The van der Waals surface area contributed by atoms with Crippen LogP contribution in [0.1, 0.15) is 36.3 Å². The van der Waals surface area contributed by atoms with Crippen LogP contribution in [0.3, 0.4) is 0 Å². The predicted octanol–water partition coefficient (Wildman–Crippen LogP) is 1.73. The number of carboxylic acids is 1. The van der Waals surface area contributed by atoms with Gasteiger partial charge >= 0.3 is 5.97 Å². The van der Waals surface area contributed by atoms with E-state index < -0.39 is 5.97 Å². The number of aromatic nitrogens is 1. The number of carboxylic acid groups (broad SMARTS) is 1. The van der Waals surface area contributed by atoms with Crippen molar-refractivity contribution >= 4 is 5.97 Å². The summed E-state index contributed by atoms with van der Waals surface area (Å²) in [6.07, 6.45) is 2.79. The van der Waals surface area contributed by atoms with Crippen molar-refractivity contribution in [2.75, 3.05) is 6.54 Å². The van der Waals surface area contributed by atoms with Crippen LogP contribution in [-0.2, 0) is 11.3 Å². The second kappa shape index (κ2) is 4.87. The van der Waals surface area contributed by atoms with Gasteiger partial charge in [0.2, 0.25) is 0 Å². The van der Waals surface area contributed by atoms with Gasteiger partial charge in [-0.15, -0.1) is 0 Å². The molecule has 1 aliphatic rings. The van der Waals surface area contributed by atoms with Gasteiger partial charge in [-0.05, 0) is 33.2 Å². The molecular weight excluding hydrogens is 220 g/mol. The number of hydrogen-bond donors (Lipinski definition) is 1. The van der Waals surface area contributed by atoms with Gasteiger partial charge in [-0.25, -0.2) is 0 Å². The fourth-order valence-corrected chi connectivity index (χ4v) is 2.39. The predicted molar refractivity (Wildman–Crippen MR) is 61.7 cm³/mol. The smallest absolute Gasteiger partial charge is 0.320 e. The minimum atomic E-state index is -0.725. The van der Waals surface area contributed by atoms with Gasteiger partial charge in [0, 0.05) is 12.1 Å². The molecule has 1 unspecified atom stereocenters. The summed E-state index contributed by atoms with van der Waals surface area (Å²) in [4.78, 5) is 13.2. The molecule has 0 aliphatic carbocycles. The Morgan fingerprint density at radius 1 is 1.53 bits per heavy atom. The second-order valence-corrected chi connectivity index (χ2v) is 4.62. The van der Waals surface area contributed by atoms with Crippen molar-refractivity contribution < 1.29 is 14.4 Å². The van der Waals surface area contributed by atoms with Gasteiger partial charge < -0.3 is 9.63 Å². The van der Waals surface area contributed by atoms with Gasteiger partial charge in [-0.2, -0.15) is 0 Å². The molecule has 1 atom stereocenters. The molecule has 94 valence electrons. The van der Waals surface area contributed by atoms with Crippen LogP contribution in [-0.4, -0.2) is 33.7 Å². The maximum atomic E-state index is 11.2. The molecule has 0 bridgehead atoms. The van der Waals surface area contributed by atoms with E-state index in [0.29, 0.717) is 6.54 Å². The van der Waals surface area contributed by atoms with Gasteiger partial charge in [-0.3, -0.25) is 9.69 Å². The highest BCUT2D eigenvalue weighted by atomic mass is 16.5. The Morgan fingerprint density at radius 2 is 2.29 bits per heavy atom. The lowest BCUT2D eigenvalue weighted by Gasteiger charge is -2.32. The molecule has 1 aromatic heterocycles. The van der Waals surface area contributed by atoms with E-state index in [1.54, 1.807) is 0 Å². The summed E-state index contributed by atoms with van der Waals surface area (Å²) in [5, 5.41) is 13.1. The molecule has 1 saturated heterocycles. The molecule has 0 aromatic carbocycles. The molecule has 0 radical (unpaired) electrons. The fraction of sp³-hybridized carbons (Fsp3) is 0.667. The number of carbonyl (C=O) groups is 1. The van der Waals surface area contributed by atoms with Crippen LogP contribution in [0.2, 0.25) is 0 Å². The first-order valence-corrected chi connectivity index (χ1v) is 5.98. The van der Waals surface area contributed by atoms with E-state index in [2.05, 4.69) is 5.16 Å². The maximum absolute atomic E-state index is 11.2. The van der Waals surface area contributed by atoms with Crippen molar-refractivity contribution in [1.29, 1.82) is 0 Å². The minimum absolute atomic E-state index is 0.363. The van der Waals surface area contributed by atoms with Crippen LogP contribution in [0.4, 0.5) is 0 Å². The third-order valence-corrected chi connectivity index (χ3v) is 3.44. The lowest BCUT2D eigenvalue weighted by molar-refractivity contribution is -0.144. The zero-order valence-corrected chi connectivity index (χ0v) is 10.3. The van der Waals surface area contributed by atoms with Gasteiger partial charge in [-0.1, -0.05) is 11.6 Å². The number of aryl methyl sites for hydroxylation is 2. The van der Waals surface area contributed by atoms with Crippen LogP contribution in [0.15, 0.2) is 4.52 Å². The molecule has 17 heavy (non-hydrogen) atoms. The molecule has 0 saturated carbocycles. The number of likely N-dealkylation sites (tertiary alicyclic amines) is 1. The Hall–Kier alpha value is -1.36. The van der Waals surface area contributed by atoms with E-state index in [9.17, 15) is 9.90 Å². The maximum Gasteiger partial charge on any atom is 0.320 e. The standard InChI is InChI=1S/C12H18N2O3/c1-8-10(9(2)17-13-8)7-14-6-4-3-5-11(14)12(15)16/h11H,3-7H2,1-2H3,(H,15,16). The summed E-state index contributed by atoms with van der Waals surface area (Å²) in [7, 11) is 0. The normalized spacial score (nSPS) is 21.6. The number of aliphatic carboxylic acids is 1. The number of piperidine rings is 1. The van der Waals surface area contributed by atoms with Crippen molar-refractivity contribution in [3.63, 3.8) is 0 Å². The first kappa shape index (κ1) is 12.1. The Bertz CT molecular complexity index is 394. The second-order valence-electron chi connectivity index (χ2n) is 4.62. The minimum Gasteiger partial charge on any atom is -0.480 e. The zero-order valence-electron chi connectivity index (χ0n) is 10.3. The molecule has 1 aromatic rings. The molecule has 1 N–H and O–H groups in total. The monoisotopic (exact) mass is 238 g/mol. The quantitative estimate of drug-likeness (QED) is 0.868. The number of hydrogen-bond acceptors (Lipinski definition) is 4. The van der Waals surface area contributed by atoms with E-state index in [1.165, 1.54) is 0 Å². The molecule has 5 heteroatoms. The summed E-state index contributed by atoms with van der Waals surface area (Å²) in [6, 6.07) is -0.363. The lowest BCUT2D eigenvalue weighted by Crippen LogP contribution is -2.44. The molecule has 0 amide bonds. The van der Waals surface area contributed by atoms with Crippen molar-refractivity contribution in [3.8, 4) is 0 Å². The van der Waals surface area contributed by atoms with Crippen molar-refractivity contribution in [2.45, 2.75) is 45.7 Å². The van der Waals surface area contributed by atoms with E-state index >= 15 is 0 Å². The third kappa shape index (κ3) is 2.49. The number of nitrogens with zero attached hydrogens (tertiary/aromatic N) is 2. The lowest BCUT2D eigenvalue weighted by atomic mass is 10.0.